The molecule has 0 radical (unpaired) electrons. The lowest BCUT2D eigenvalue weighted by molar-refractivity contribution is 0.0897. The molecule has 0 fully saturated rings. The molecular formula is C22H24N4O2. The highest BCUT2D eigenvalue weighted by Crippen LogP contribution is 2.16. The molecule has 1 heterocycles. The molecule has 0 unspecified atom stereocenters. The lowest BCUT2D eigenvalue weighted by atomic mass is 10.1. The predicted octanol–water partition coefficient (Wildman–Crippen LogP) is 3.40. The minimum Gasteiger partial charge on any atom is -0.344 e. The Morgan fingerprint density at radius 1 is 0.821 bits per heavy atom. The molecule has 3 aromatic rings. The van der Waals surface area contributed by atoms with E-state index in [1.165, 1.54) is 6.33 Å². The first-order chi connectivity index (χ1) is 13.5. The van der Waals surface area contributed by atoms with Crippen LogP contribution < -0.4 is 10.6 Å². The molecule has 1 aromatic heterocycles. The van der Waals surface area contributed by atoms with Crippen molar-refractivity contribution in [2.75, 3.05) is 0 Å². The Balaban J connectivity index is 1.75. The summed E-state index contributed by atoms with van der Waals surface area (Å²) >= 11 is 0. The average Bonchev–Trinajstić information content (AvgIpc) is 3.11. The summed E-state index contributed by atoms with van der Waals surface area (Å²) in [5, 5.41) is 5.85. The van der Waals surface area contributed by atoms with Gasteiger partial charge in [0.2, 0.25) is 0 Å². The summed E-state index contributed by atoms with van der Waals surface area (Å²) < 4.78 is 1.56. The molecule has 2 atom stereocenters. The Morgan fingerprint density at radius 2 is 1.29 bits per heavy atom. The zero-order chi connectivity index (χ0) is 20.1. The Morgan fingerprint density at radius 3 is 1.79 bits per heavy atom. The van der Waals surface area contributed by atoms with Gasteiger partial charge >= 0.3 is 0 Å². The van der Waals surface area contributed by atoms with Crippen LogP contribution in [0.15, 0.2) is 67.0 Å². The zero-order valence-corrected chi connectivity index (χ0v) is 16.2. The standard InChI is InChI=1S/C22H24N4O2/c1-15(17-10-6-4-7-11-17)24-21(27)19-20(26(3)14-23-19)22(28)25-16(2)18-12-8-5-9-13-18/h4-16H,1-3H3,(H,24,27)(H,25,28)/t15-,16-/m0/s1. The lowest BCUT2D eigenvalue weighted by Gasteiger charge is -2.16. The van der Waals surface area contributed by atoms with E-state index in [1.807, 2.05) is 74.5 Å². The fraction of sp³-hybridized carbons (Fsp3) is 0.227. The molecule has 3 rings (SSSR count). The van der Waals surface area contributed by atoms with Crippen LogP contribution in [0.3, 0.4) is 0 Å². The van der Waals surface area contributed by atoms with Crippen LogP contribution in [0, 0.1) is 0 Å². The summed E-state index contributed by atoms with van der Waals surface area (Å²) in [6.45, 7) is 3.80. The first kappa shape index (κ1) is 19.4. The molecule has 0 bridgehead atoms. The Kier molecular flexibility index (Phi) is 5.89. The van der Waals surface area contributed by atoms with Gasteiger partial charge < -0.3 is 15.2 Å². The number of hydrogen-bond donors (Lipinski definition) is 2. The fourth-order valence-electron chi connectivity index (χ4n) is 3.04. The van der Waals surface area contributed by atoms with Gasteiger partial charge in [0.25, 0.3) is 11.8 Å². The SMILES string of the molecule is C[C@H](NC(=O)c1ncn(C)c1C(=O)N[C@@H](C)c1ccccc1)c1ccccc1. The molecule has 0 aliphatic rings. The van der Waals surface area contributed by atoms with Crippen molar-refractivity contribution in [1.82, 2.24) is 20.2 Å². The summed E-state index contributed by atoms with van der Waals surface area (Å²) in [7, 11) is 1.70. The third-order valence-corrected chi connectivity index (χ3v) is 4.66. The van der Waals surface area contributed by atoms with E-state index in [1.54, 1.807) is 11.6 Å². The number of rotatable bonds is 6. The van der Waals surface area contributed by atoms with E-state index in [4.69, 9.17) is 0 Å². The van der Waals surface area contributed by atoms with Gasteiger partial charge in [0.05, 0.1) is 18.4 Å². The van der Waals surface area contributed by atoms with Crippen molar-refractivity contribution in [1.29, 1.82) is 0 Å². The summed E-state index contributed by atoms with van der Waals surface area (Å²) in [6.07, 6.45) is 1.48. The quantitative estimate of drug-likeness (QED) is 0.692. The number of nitrogens with one attached hydrogen (secondary N) is 2. The van der Waals surface area contributed by atoms with E-state index in [-0.39, 0.29) is 35.3 Å². The van der Waals surface area contributed by atoms with Crippen LogP contribution in [-0.2, 0) is 7.05 Å². The maximum Gasteiger partial charge on any atom is 0.272 e. The maximum absolute atomic E-state index is 12.8. The smallest absolute Gasteiger partial charge is 0.272 e. The third kappa shape index (κ3) is 4.28. The van der Waals surface area contributed by atoms with E-state index < -0.39 is 0 Å². The van der Waals surface area contributed by atoms with Gasteiger partial charge in [-0.25, -0.2) is 4.98 Å². The van der Waals surface area contributed by atoms with Crippen molar-refractivity contribution in [3.63, 3.8) is 0 Å². The van der Waals surface area contributed by atoms with Gasteiger partial charge in [0.15, 0.2) is 5.69 Å². The van der Waals surface area contributed by atoms with Crippen molar-refractivity contribution >= 4 is 11.8 Å². The predicted molar refractivity (Wildman–Crippen MR) is 108 cm³/mol. The maximum atomic E-state index is 12.8. The lowest BCUT2D eigenvalue weighted by Crippen LogP contribution is -2.33. The summed E-state index contributed by atoms with van der Waals surface area (Å²) in [4.78, 5) is 29.7. The van der Waals surface area contributed by atoms with Crippen LogP contribution in [0.25, 0.3) is 0 Å². The average molecular weight is 376 g/mol. The number of nitrogens with zero attached hydrogens (tertiary/aromatic N) is 2. The van der Waals surface area contributed by atoms with Gasteiger partial charge in [-0.3, -0.25) is 9.59 Å². The van der Waals surface area contributed by atoms with Gasteiger partial charge in [0.1, 0.15) is 5.69 Å². The van der Waals surface area contributed by atoms with Gasteiger partial charge in [-0.05, 0) is 25.0 Å². The Bertz CT molecular complexity index is 951. The van der Waals surface area contributed by atoms with Crippen LogP contribution in [-0.4, -0.2) is 21.4 Å². The van der Waals surface area contributed by atoms with Crippen LogP contribution in [0.1, 0.15) is 58.0 Å². The second-order valence-electron chi connectivity index (χ2n) is 6.76. The molecule has 2 N–H and O–H groups in total. The Hall–Kier alpha value is -3.41. The highest BCUT2D eigenvalue weighted by atomic mass is 16.2. The second-order valence-corrected chi connectivity index (χ2v) is 6.76. The minimum absolute atomic E-state index is 0.114. The summed E-state index contributed by atoms with van der Waals surface area (Å²) in [6, 6.07) is 18.9. The minimum atomic E-state index is -0.380. The molecule has 6 nitrogen and oxygen atoms in total. The molecule has 0 saturated carbocycles. The van der Waals surface area contributed by atoms with Crippen LogP contribution >= 0.6 is 0 Å². The Labute approximate surface area is 164 Å². The van der Waals surface area contributed by atoms with Gasteiger partial charge in [-0.1, -0.05) is 60.7 Å². The van der Waals surface area contributed by atoms with Gasteiger partial charge in [-0.15, -0.1) is 0 Å². The number of carbonyl (C=O) groups is 2. The van der Waals surface area contributed by atoms with E-state index >= 15 is 0 Å². The molecule has 2 aromatic carbocycles. The first-order valence-electron chi connectivity index (χ1n) is 9.20. The van der Waals surface area contributed by atoms with Crippen molar-refractivity contribution in [3.8, 4) is 0 Å². The highest BCUT2D eigenvalue weighted by molar-refractivity contribution is 6.05. The molecule has 0 aliphatic carbocycles. The molecule has 0 spiro atoms. The van der Waals surface area contributed by atoms with Crippen molar-refractivity contribution < 1.29 is 9.59 Å². The molecule has 144 valence electrons. The van der Waals surface area contributed by atoms with E-state index in [9.17, 15) is 9.59 Å². The zero-order valence-electron chi connectivity index (χ0n) is 16.2. The summed E-state index contributed by atoms with van der Waals surface area (Å²) in [5.74, 6) is -0.719. The number of carbonyl (C=O) groups excluding carboxylic acids is 2. The number of hydrogen-bond acceptors (Lipinski definition) is 3. The number of amides is 2. The van der Waals surface area contributed by atoms with Crippen molar-refractivity contribution in [2.24, 2.45) is 7.05 Å². The number of aryl methyl sites for hydroxylation is 1. The second kappa shape index (κ2) is 8.52. The molecule has 6 heteroatoms. The summed E-state index contributed by atoms with van der Waals surface area (Å²) in [5.41, 5.74) is 2.32. The number of imidazole rings is 1. The van der Waals surface area contributed by atoms with Crippen LogP contribution in [0.5, 0.6) is 0 Å². The third-order valence-electron chi connectivity index (χ3n) is 4.66. The topological polar surface area (TPSA) is 76.0 Å². The van der Waals surface area contributed by atoms with Gasteiger partial charge in [0, 0.05) is 7.05 Å². The van der Waals surface area contributed by atoms with Gasteiger partial charge in [-0.2, -0.15) is 0 Å². The van der Waals surface area contributed by atoms with Crippen molar-refractivity contribution in [3.05, 3.63) is 89.5 Å². The molecular weight excluding hydrogens is 352 g/mol. The number of aromatic nitrogens is 2. The molecule has 2 amide bonds. The van der Waals surface area contributed by atoms with E-state index in [0.717, 1.165) is 11.1 Å². The van der Waals surface area contributed by atoms with E-state index in [2.05, 4.69) is 15.6 Å². The molecule has 0 aliphatic heterocycles. The fourth-order valence-corrected chi connectivity index (χ4v) is 3.04. The number of benzene rings is 2. The monoisotopic (exact) mass is 376 g/mol. The van der Waals surface area contributed by atoms with Crippen LogP contribution in [0.2, 0.25) is 0 Å². The normalized spacial score (nSPS) is 12.8. The molecule has 28 heavy (non-hydrogen) atoms. The first-order valence-corrected chi connectivity index (χ1v) is 9.20. The van der Waals surface area contributed by atoms with Crippen LogP contribution in [0.4, 0.5) is 0 Å². The van der Waals surface area contributed by atoms with Crippen molar-refractivity contribution in [2.45, 2.75) is 25.9 Å². The largest absolute Gasteiger partial charge is 0.344 e. The molecule has 0 saturated heterocycles. The highest BCUT2D eigenvalue weighted by Gasteiger charge is 2.25. The van der Waals surface area contributed by atoms with E-state index in [0.29, 0.717) is 0 Å².